The minimum Gasteiger partial charge on any atom is -0.480 e. The number of hydrogen-bond donors (Lipinski definition) is 2. The van der Waals surface area contributed by atoms with Crippen LogP contribution in [0.3, 0.4) is 0 Å². The molecule has 1 heterocycles. The third-order valence-electron chi connectivity index (χ3n) is 3.81. The van der Waals surface area contributed by atoms with Gasteiger partial charge in [-0.05, 0) is 12.5 Å². The molecule has 108 valence electrons. The van der Waals surface area contributed by atoms with Crippen LogP contribution >= 0.6 is 0 Å². The molecule has 0 radical (unpaired) electrons. The maximum absolute atomic E-state index is 12.1. The average Bonchev–Trinajstić information content (AvgIpc) is 2.42. The molecule has 5 heteroatoms. The maximum atomic E-state index is 12.1. The molecule has 2 N–H and O–H groups in total. The SMILES string of the molecule is CC(O)(CC1(C(=O)O)COCCC1=O)c1ccccc1. The molecule has 0 aliphatic carbocycles. The van der Waals surface area contributed by atoms with Crippen molar-refractivity contribution in [2.75, 3.05) is 13.2 Å². The average molecular weight is 278 g/mol. The zero-order valence-electron chi connectivity index (χ0n) is 11.3. The number of carbonyl (C=O) groups excluding carboxylic acids is 1. The number of rotatable bonds is 4. The van der Waals surface area contributed by atoms with E-state index in [0.29, 0.717) is 5.56 Å². The van der Waals surface area contributed by atoms with Gasteiger partial charge in [0.1, 0.15) is 0 Å². The molecule has 0 bridgehead atoms. The number of carbonyl (C=O) groups is 2. The standard InChI is InChI=1S/C15H18O5/c1-14(19,11-5-3-2-4-6-11)9-15(13(17)18)10-20-8-7-12(15)16/h2-6,19H,7-10H2,1H3,(H,17,18). The fraction of sp³-hybridized carbons (Fsp3) is 0.467. The second kappa shape index (κ2) is 5.34. The molecule has 1 aliphatic rings. The van der Waals surface area contributed by atoms with Gasteiger partial charge >= 0.3 is 5.97 Å². The third-order valence-corrected chi connectivity index (χ3v) is 3.81. The van der Waals surface area contributed by atoms with Crippen molar-refractivity contribution in [3.05, 3.63) is 35.9 Å². The third kappa shape index (κ3) is 2.59. The van der Waals surface area contributed by atoms with E-state index >= 15 is 0 Å². The molecule has 5 nitrogen and oxygen atoms in total. The van der Waals surface area contributed by atoms with Crippen LogP contribution in [-0.4, -0.2) is 35.2 Å². The first kappa shape index (κ1) is 14.7. The quantitative estimate of drug-likeness (QED) is 0.812. The molecule has 0 aromatic heterocycles. The van der Waals surface area contributed by atoms with Crippen LogP contribution in [0.1, 0.15) is 25.3 Å². The van der Waals surface area contributed by atoms with Crippen LogP contribution in [-0.2, 0) is 19.9 Å². The number of ether oxygens (including phenoxy) is 1. The van der Waals surface area contributed by atoms with Gasteiger partial charge in [-0.15, -0.1) is 0 Å². The minimum absolute atomic E-state index is 0.0666. The molecule has 1 aliphatic heterocycles. The van der Waals surface area contributed by atoms with Gasteiger partial charge in [-0.1, -0.05) is 30.3 Å². The van der Waals surface area contributed by atoms with E-state index in [-0.39, 0.29) is 31.8 Å². The number of benzene rings is 1. The van der Waals surface area contributed by atoms with Crippen molar-refractivity contribution >= 4 is 11.8 Å². The van der Waals surface area contributed by atoms with Gasteiger partial charge in [-0.25, -0.2) is 0 Å². The molecule has 1 aromatic rings. The Bertz CT molecular complexity index is 508. The number of aliphatic hydroxyl groups is 1. The lowest BCUT2D eigenvalue weighted by atomic mass is 9.71. The van der Waals surface area contributed by atoms with E-state index in [2.05, 4.69) is 0 Å². The zero-order valence-corrected chi connectivity index (χ0v) is 11.3. The Morgan fingerprint density at radius 3 is 2.60 bits per heavy atom. The summed E-state index contributed by atoms with van der Waals surface area (Å²) in [6, 6.07) is 8.75. The molecule has 20 heavy (non-hydrogen) atoms. The molecule has 1 saturated heterocycles. The summed E-state index contributed by atoms with van der Waals surface area (Å²) in [5.41, 5.74) is -2.49. The summed E-state index contributed by atoms with van der Waals surface area (Å²) in [6.45, 7) is 1.57. The summed E-state index contributed by atoms with van der Waals surface area (Å²) in [6.07, 6.45) is -0.130. The summed E-state index contributed by atoms with van der Waals surface area (Å²) >= 11 is 0. The number of Topliss-reactive ketones (excluding diaryl/α,β-unsaturated/α-hetero) is 1. The summed E-state index contributed by atoms with van der Waals surface area (Å²) in [5.74, 6) is -1.62. The van der Waals surface area contributed by atoms with Gasteiger partial charge in [0, 0.05) is 12.8 Å². The van der Waals surface area contributed by atoms with Crippen LogP contribution < -0.4 is 0 Å². The second-order valence-electron chi connectivity index (χ2n) is 5.43. The van der Waals surface area contributed by atoms with Crippen molar-refractivity contribution in [2.45, 2.75) is 25.4 Å². The Morgan fingerprint density at radius 2 is 2.05 bits per heavy atom. The predicted molar refractivity (Wildman–Crippen MR) is 71.1 cm³/mol. The summed E-state index contributed by atoms with van der Waals surface area (Å²) in [7, 11) is 0. The largest absolute Gasteiger partial charge is 0.480 e. The first-order chi connectivity index (χ1) is 9.38. The smallest absolute Gasteiger partial charge is 0.319 e. The Kier molecular flexibility index (Phi) is 3.92. The van der Waals surface area contributed by atoms with E-state index in [1.54, 1.807) is 30.3 Å². The Hall–Kier alpha value is -1.72. The van der Waals surface area contributed by atoms with E-state index < -0.39 is 17.0 Å². The molecule has 1 fully saturated rings. The van der Waals surface area contributed by atoms with E-state index in [4.69, 9.17) is 4.74 Å². The molecule has 2 rings (SSSR count). The zero-order chi connectivity index (χ0) is 14.8. The summed E-state index contributed by atoms with van der Waals surface area (Å²) in [4.78, 5) is 23.7. The highest BCUT2D eigenvalue weighted by molar-refractivity contribution is 6.03. The van der Waals surface area contributed by atoms with Crippen molar-refractivity contribution in [1.29, 1.82) is 0 Å². The molecule has 2 atom stereocenters. The second-order valence-corrected chi connectivity index (χ2v) is 5.43. The van der Waals surface area contributed by atoms with E-state index in [9.17, 15) is 19.8 Å². The molecule has 0 spiro atoms. The fourth-order valence-electron chi connectivity index (χ4n) is 2.62. The Morgan fingerprint density at radius 1 is 1.40 bits per heavy atom. The number of carboxylic acids is 1. The molecule has 2 unspecified atom stereocenters. The monoisotopic (exact) mass is 278 g/mol. The van der Waals surface area contributed by atoms with Crippen LogP contribution in [0, 0.1) is 5.41 Å². The van der Waals surface area contributed by atoms with Crippen molar-refractivity contribution < 1.29 is 24.5 Å². The normalized spacial score (nSPS) is 26.0. The van der Waals surface area contributed by atoms with Gasteiger partial charge < -0.3 is 14.9 Å². The van der Waals surface area contributed by atoms with Crippen LogP contribution in [0.4, 0.5) is 0 Å². The van der Waals surface area contributed by atoms with Crippen molar-refractivity contribution in [1.82, 2.24) is 0 Å². The number of ketones is 1. The van der Waals surface area contributed by atoms with Crippen LogP contribution in [0.15, 0.2) is 30.3 Å². The number of hydrogen-bond acceptors (Lipinski definition) is 4. The predicted octanol–water partition coefficient (Wildman–Crippen LogP) is 1.34. The molecule has 0 amide bonds. The maximum Gasteiger partial charge on any atom is 0.319 e. The van der Waals surface area contributed by atoms with Gasteiger partial charge in [0.15, 0.2) is 11.2 Å². The van der Waals surface area contributed by atoms with Gasteiger partial charge in [0.25, 0.3) is 0 Å². The highest BCUT2D eigenvalue weighted by atomic mass is 16.5. The lowest BCUT2D eigenvalue weighted by Crippen LogP contribution is -2.50. The Balaban J connectivity index is 2.33. The van der Waals surface area contributed by atoms with Crippen molar-refractivity contribution in [3.63, 3.8) is 0 Å². The molecule has 0 saturated carbocycles. The van der Waals surface area contributed by atoms with Crippen LogP contribution in [0.5, 0.6) is 0 Å². The molecule has 1 aromatic carbocycles. The Labute approximate surface area is 117 Å². The van der Waals surface area contributed by atoms with E-state index in [1.165, 1.54) is 6.92 Å². The van der Waals surface area contributed by atoms with Gasteiger partial charge in [0.2, 0.25) is 0 Å². The summed E-state index contributed by atoms with van der Waals surface area (Å²) in [5, 5.41) is 20.1. The van der Waals surface area contributed by atoms with Gasteiger partial charge in [-0.2, -0.15) is 0 Å². The topological polar surface area (TPSA) is 83.8 Å². The lowest BCUT2D eigenvalue weighted by molar-refractivity contribution is -0.170. The number of aliphatic carboxylic acids is 1. The highest BCUT2D eigenvalue weighted by Crippen LogP contribution is 2.39. The first-order valence-electron chi connectivity index (χ1n) is 6.51. The number of carboxylic acid groups (broad SMARTS) is 1. The fourth-order valence-corrected chi connectivity index (χ4v) is 2.62. The van der Waals surface area contributed by atoms with Gasteiger partial charge in [-0.3, -0.25) is 9.59 Å². The molecular formula is C15H18O5. The lowest BCUT2D eigenvalue weighted by Gasteiger charge is -2.37. The van der Waals surface area contributed by atoms with Gasteiger partial charge in [0.05, 0.1) is 18.8 Å². The van der Waals surface area contributed by atoms with Crippen LogP contribution in [0.25, 0.3) is 0 Å². The first-order valence-corrected chi connectivity index (χ1v) is 6.51. The highest BCUT2D eigenvalue weighted by Gasteiger charge is 2.51. The van der Waals surface area contributed by atoms with Crippen LogP contribution in [0.2, 0.25) is 0 Å². The van der Waals surface area contributed by atoms with Crippen molar-refractivity contribution in [2.24, 2.45) is 5.41 Å². The molecular weight excluding hydrogens is 260 g/mol. The minimum atomic E-state index is -1.67. The summed E-state index contributed by atoms with van der Waals surface area (Å²) < 4.78 is 5.19. The van der Waals surface area contributed by atoms with E-state index in [1.807, 2.05) is 0 Å². The van der Waals surface area contributed by atoms with E-state index in [0.717, 1.165) is 0 Å². The van der Waals surface area contributed by atoms with Crippen molar-refractivity contribution in [3.8, 4) is 0 Å².